The molecule has 1 aromatic rings. The number of hydrogen-bond donors (Lipinski definition) is 1. The fraction of sp³-hybridized carbons (Fsp3) is 0.125. The molecule has 0 aliphatic heterocycles. The molecular formula is C8H9ClO5S. The number of carbonyl (C=O) groups is 1. The highest BCUT2D eigenvalue weighted by Crippen LogP contribution is 2.15. The zero-order valence-electron chi connectivity index (χ0n) is 7.71. The maximum atomic E-state index is 10.6. The van der Waals surface area contributed by atoms with E-state index in [0.717, 1.165) is 12.1 Å². The van der Waals surface area contributed by atoms with Gasteiger partial charge in [-0.3, -0.25) is 9.35 Å². The third-order valence-corrected chi connectivity index (χ3v) is 2.25. The zero-order valence-corrected chi connectivity index (χ0v) is 9.34. The molecule has 15 heavy (non-hydrogen) atoms. The monoisotopic (exact) mass is 252 g/mol. The molecule has 0 spiro atoms. The van der Waals surface area contributed by atoms with E-state index in [1.165, 1.54) is 19.1 Å². The lowest BCUT2D eigenvalue weighted by atomic mass is 10.3. The van der Waals surface area contributed by atoms with Gasteiger partial charge in [0.05, 0.1) is 4.90 Å². The average Bonchev–Trinajstić information content (AvgIpc) is 2.02. The van der Waals surface area contributed by atoms with E-state index < -0.39 is 16.1 Å². The Bertz CT molecular complexity index is 437. The van der Waals surface area contributed by atoms with E-state index in [0.29, 0.717) is 0 Å². The van der Waals surface area contributed by atoms with Crippen LogP contribution in [0.25, 0.3) is 0 Å². The SMILES string of the molecule is CC(=O)Oc1ccc(S(=O)(=O)O)cc1.Cl. The standard InChI is InChI=1S/C8H8O5S.ClH/c1-6(9)13-7-2-4-8(5-3-7)14(10,11)12;/h2-5H,1H3,(H,10,11,12);1H. The van der Waals surface area contributed by atoms with Gasteiger partial charge in [0.15, 0.2) is 0 Å². The summed E-state index contributed by atoms with van der Waals surface area (Å²) in [6.07, 6.45) is 0. The summed E-state index contributed by atoms with van der Waals surface area (Å²) in [4.78, 5) is 10.3. The number of halogens is 1. The summed E-state index contributed by atoms with van der Waals surface area (Å²) in [6.45, 7) is 1.23. The van der Waals surface area contributed by atoms with Crippen molar-refractivity contribution in [3.05, 3.63) is 24.3 Å². The van der Waals surface area contributed by atoms with Gasteiger partial charge in [0.1, 0.15) is 5.75 Å². The van der Waals surface area contributed by atoms with Crippen molar-refractivity contribution in [3.8, 4) is 5.75 Å². The van der Waals surface area contributed by atoms with Crippen LogP contribution < -0.4 is 4.74 Å². The topological polar surface area (TPSA) is 80.7 Å². The summed E-state index contributed by atoms with van der Waals surface area (Å²) in [5.41, 5.74) is 0. The second kappa shape index (κ2) is 5.11. The van der Waals surface area contributed by atoms with Crippen LogP contribution in [0.2, 0.25) is 0 Å². The van der Waals surface area contributed by atoms with Crippen LogP contribution in [0.3, 0.4) is 0 Å². The molecule has 0 bridgehead atoms. The molecule has 0 fully saturated rings. The van der Waals surface area contributed by atoms with Crippen LogP contribution in [-0.2, 0) is 14.9 Å². The van der Waals surface area contributed by atoms with Crippen molar-refractivity contribution in [2.75, 3.05) is 0 Å². The summed E-state index contributed by atoms with van der Waals surface area (Å²) in [5.74, 6) is -0.269. The van der Waals surface area contributed by atoms with E-state index in [1.807, 2.05) is 0 Å². The first kappa shape index (κ1) is 13.9. The third-order valence-electron chi connectivity index (χ3n) is 1.38. The van der Waals surface area contributed by atoms with Crippen LogP contribution in [0.1, 0.15) is 6.92 Å². The second-order valence-electron chi connectivity index (χ2n) is 2.54. The molecular weight excluding hydrogens is 244 g/mol. The number of benzene rings is 1. The molecule has 0 heterocycles. The first-order valence-corrected chi connectivity index (χ1v) is 5.09. The number of ether oxygens (including phenoxy) is 1. The highest BCUT2D eigenvalue weighted by Gasteiger charge is 2.08. The molecule has 0 amide bonds. The lowest BCUT2D eigenvalue weighted by Crippen LogP contribution is -2.02. The first-order valence-electron chi connectivity index (χ1n) is 3.65. The second-order valence-corrected chi connectivity index (χ2v) is 3.96. The van der Waals surface area contributed by atoms with E-state index in [2.05, 4.69) is 4.74 Å². The van der Waals surface area contributed by atoms with Crippen molar-refractivity contribution in [3.63, 3.8) is 0 Å². The molecule has 0 atom stereocenters. The number of esters is 1. The minimum atomic E-state index is -4.19. The summed E-state index contributed by atoms with van der Waals surface area (Å²) in [7, 11) is -4.19. The molecule has 0 unspecified atom stereocenters. The Morgan fingerprint density at radius 3 is 2.07 bits per heavy atom. The molecule has 0 saturated heterocycles. The van der Waals surface area contributed by atoms with Gasteiger partial charge in [0.25, 0.3) is 10.1 Å². The molecule has 5 nitrogen and oxygen atoms in total. The van der Waals surface area contributed by atoms with Crippen LogP contribution >= 0.6 is 12.4 Å². The molecule has 0 aliphatic carbocycles. The molecule has 84 valence electrons. The van der Waals surface area contributed by atoms with E-state index >= 15 is 0 Å². The number of carbonyl (C=O) groups excluding carboxylic acids is 1. The van der Waals surface area contributed by atoms with Crippen molar-refractivity contribution >= 4 is 28.5 Å². The van der Waals surface area contributed by atoms with Gasteiger partial charge in [-0.1, -0.05) is 0 Å². The van der Waals surface area contributed by atoms with Gasteiger partial charge in [-0.2, -0.15) is 8.42 Å². The molecule has 7 heteroatoms. The Labute approximate surface area is 93.2 Å². The van der Waals surface area contributed by atoms with Crippen LogP contribution in [0.15, 0.2) is 29.2 Å². The van der Waals surface area contributed by atoms with Gasteiger partial charge in [-0.25, -0.2) is 0 Å². The molecule has 1 rings (SSSR count). The van der Waals surface area contributed by atoms with Crippen LogP contribution in [0.4, 0.5) is 0 Å². The average molecular weight is 253 g/mol. The van der Waals surface area contributed by atoms with Crippen molar-refractivity contribution in [2.45, 2.75) is 11.8 Å². The fourth-order valence-corrected chi connectivity index (χ4v) is 1.33. The van der Waals surface area contributed by atoms with Crippen molar-refractivity contribution in [1.82, 2.24) is 0 Å². The molecule has 0 aromatic heterocycles. The molecule has 0 aliphatic rings. The number of hydrogen-bond acceptors (Lipinski definition) is 4. The Kier molecular flexibility index (Phi) is 4.73. The predicted molar refractivity (Wildman–Crippen MR) is 54.8 cm³/mol. The Morgan fingerprint density at radius 1 is 1.27 bits per heavy atom. The third kappa shape index (κ3) is 4.28. The predicted octanol–water partition coefficient (Wildman–Crippen LogP) is 1.28. The lowest BCUT2D eigenvalue weighted by Gasteiger charge is -2.01. The summed E-state index contributed by atoms with van der Waals surface area (Å²) in [6, 6.07) is 4.86. The van der Waals surface area contributed by atoms with Crippen LogP contribution in [-0.4, -0.2) is 18.9 Å². The van der Waals surface area contributed by atoms with Gasteiger partial charge in [0, 0.05) is 6.92 Å². The smallest absolute Gasteiger partial charge is 0.308 e. The van der Waals surface area contributed by atoms with Gasteiger partial charge >= 0.3 is 5.97 Å². The normalized spacial score (nSPS) is 10.3. The van der Waals surface area contributed by atoms with Crippen LogP contribution in [0.5, 0.6) is 5.75 Å². The Hall–Kier alpha value is -1.11. The minimum Gasteiger partial charge on any atom is -0.427 e. The van der Waals surface area contributed by atoms with Crippen LogP contribution in [0, 0.1) is 0 Å². The molecule has 1 N–H and O–H groups in total. The van der Waals surface area contributed by atoms with Gasteiger partial charge in [-0.05, 0) is 24.3 Å². The lowest BCUT2D eigenvalue weighted by molar-refractivity contribution is -0.131. The summed E-state index contributed by atoms with van der Waals surface area (Å²) >= 11 is 0. The molecule has 1 aromatic carbocycles. The highest BCUT2D eigenvalue weighted by atomic mass is 35.5. The van der Waals surface area contributed by atoms with Crippen molar-refractivity contribution in [2.24, 2.45) is 0 Å². The maximum Gasteiger partial charge on any atom is 0.308 e. The quantitative estimate of drug-likeness (QED) is 0.487. The van der Waals surface area contributed by atoms with E-state index in [9.17, 15) is 13.2 Å². The Morgan fingerprint density at radius 2 is 1.73 bits per heavy atom. The van der Waals surface area contributed by atoms with Crippen molar-refractivity contribution in [1.29, 1.82) is 0 Å². The first-order chi connectivity index (χ1) is 6.39. The van der Waals surface area contributed by atoms with E-state index in [4.69, 9.17) is 4.55 Å². The zero-order chi connectivity index (χ0) is 10.8. The largest absolute Gasteiger partial charge is 0.427 e. The van der Waals surface area contributed by atoms with Gasteiger partial charge < -0.3 is 4.74 Å². The van der Waals surface area contributed by atoms with Gasteiger partial charge in [0.2, 0.25) is 0 Å². The van der Waals surface area contributed by atoms with Crippen molar-refractivity contribution < 1.29 is 22.5 Å². The summed E-state index contributed by atoms with van der Waals surface area (Å²) in [5, 5.41) is 0. The van der Waals surface area contributed by atoms with Gasteiger partial charge in [-0.15, -0.1) is 12.4 Å². The van der Waals surface area contributed by atoms with E-state index in [1.54, 1.807) is 0 Å². The molecule has 0 saturated carbocycles. The molecule has 0 radical (unpaired) electrons. The van der Waals surface area contributed by atoms with E-state index in [-0.39, 0.29) is 23.1 Å². The Balaban J connectivity index is 0.00000196. The highest BCUT2D eigenvalue weighted by molar-refractivity contribution is 7.85. The number of rotatable bonds is 2. The maximum absolute atomic E-state index is 10.6. The summed E-state index contributed by atoms with van der Waals surface area (Å²) < 4.78 is 34.5. The fourth-order valence-electron chi connectivity index (χ4n) is 0.846. The minimum absolute atomic E-state index is 0.